The molecule has 2 aliphatic rings. The summed E-state index contributed by atoms with van der Waals surface area (Å²) in [5.41, 5.74) is 0.735. The number of carbonyl (C=O) groups is 4. The van der Waals surface area contributed by atoms with Crippen molar-refractivity contribution in [2.24, 2.45) is 7.05 Å². The van der Waals surface area contributed by atoms with Gasteiger partial charge in [0.05, 0.1) is 11.7 Å². The van der Waals surface area contributed by atoms with Crippen LogP contribution in [0.2, 0.25) is 0 Å². The van der Waals surface area contributed by atoms with Crippen molar-refractivity contribution >= 4 is 47.3 Å². The van der Waals surface area contributed by atoms with Gasteiger partial charge in [0.15, 0.2) is 0 Å². The standard InChI is InChI=1S/C20H20N6O6S2.Na/c1-10(27)32-15(11-6-4-3-5-7-11)16(28)21-13-17(29)26-14(19(30)31)12(8-33-18(13)26)9-34-20-22-23-24-25(20)2;/h3-7,13,15,18H,8-9H2,1-2H3,(H,21,28)(H,30,31);/q;+1/p-1/t13-,15-,18-;/m1./s1. The van der Waals surface area contributed by atoms with Gasteiger partial charge in [-0.3, -0.25) is 19.3 Å². The zero-order valence-electron chi connectivity index (χ0n) is 19.0. The first kappa shape index (κ1) is 27.2. The number of fused-ring (bicyclic) bond motifs is 1. The third-order valence-corrected chi connectivity index (χ3v) is 7.56. The molecule has 2 aromatic rings. The number of ether oxygens (including phenoxy) is 1. The summed E-state index contributed by atoms with van der Waals surface area (Å²) >= 11 is 2.56. The Hall–Kier alpha value is -2.39. The molecule has 12 nitrogen and oxygen atoms in total. The Kier molecular flexibility index (Phi) is 8.99. The number of amides is 2. The van der Waals surface area contributed by atoms with E-state index in [1.165, 1.54) is 35.1 Å². The summed E-state index contributed by atoms with van der Waals surface area (Å²) in [4.78, 5) is 50.4. The number of nitrogens with zero attached hydrogens (tertiary/aromatic N) is 5. The SMILES string of the molecule is CC(=O)O[C@@H](C(=O)N[C@@H]1C(=O)N2C(C(=O)[O-])=C(CSc3nnnn3C)CS[C@H]12)c1ccccc1.[Na+]. The van der Waals surface area contributed by atoms with Gasteiger partial charge < -0.3 is 20.0 Å². The number of benzene rings is 1. The quantitative estimate of drug-likeness (QED) is 0.155. The number of tetrazole rings is 1. The van der Waals surface area contributed by atoms with Crippen molar-refractivity contribution in [2.45, 2.75) is 29.6 Å². The van der Waals surface area contributed by atoms with E-state index in [1.807, 2.05) is 0 Å². The number of aryl methyl sites for hydroxylation is 1. The fourth-order valence-electron chi connectivity index (χ4n) is 3.57. The molecule has 1 aromatic heterocycles. The molecule has 4 rings (SSSR count). The monoisotopic (exact) mass is 526 g/mol. The number of carboxylic acids is 1. The van der Waals surface area contributed by atoms with Gasteiger partial charge in [0, 0.05) is 31.0 Å². The van der Waals surface area contributed by atoms with Crippen molar-refractivity contribution < 1.29 is 58.6 Å². The van der Waals surface area contributed by atoms with Crippen molar-refractivity contribution in [2.75, 3.05) is 11.5 Å². The predicted molar refractivity (Wildman–Crippen MR) is 118 cm³/mol. The van der Waals surface area contributed by atoms with E-state index in [4.69, 9.17) is 4.74 Å². The average molecular weight is 527 g/mol. The Morgan fingerprint density at radius 3 is 2.63 bits per heavy atom. The molecule has 1 fully saturated rings. The smallest absolute Gasteiger partial charge is 0.543 e. The maximum Gasteiger partial charge on any atom is 1.00 e. The van der Waals surface area contributed by atoms with Gasteiger partial charge in [-0.15, -0.1) is 16.9 Å². The minimum Gasteiger partial charge on any atom is -0.543 e. The van der Waals surface area contributed by atoms with E-state index < -0.39 is 41.3 Å². The molecule has 178 valence electrons. The molecule has 35 heavy (non-hydrogen) atoms. The zero-order chi connectivity index (χ0) is 24.4. The fraction of sp³-hybridized carbons (Fsp3) is 0.350. The number of carbonyl (C=O) groups excluding carboxylic acids is 4. The van der Waals surface area contributed by atoms with Crippen molar-refractivity contribution in [3.05, 3.63) is 47.2 Å². The molecule has 0 radical (unpaired) electrons. The third kappa shape index (κ3) is 5.72. The zero-order valence-corrected chi connectivity index (χ0v) is 22.7. The second-order valence-electron chi connectivity index (χ2n) is 7.41. The number of nitrogens with one attached hydrogen (secondary N) is 1. The summed E-state index contributed by atoms with van der Waals surface area (Å²) in [6, 6.07) is 7.43. The van der Waals surface area contributed by atoms with Crippen LogP contribution >= 0.6 is 23.5 Å². The van der Waals surface area contributed by atoms with E-state index in [1.54, 1.807) is 37.4 Å². The molecular formula is C20H19N6NaO6S2. The van der Waals surface area contributed by atoms with E-state index in [9.17, 15) is 24.3 Å². The minimum absolute atomic E-state index is 0. The summed E-state index contributed by atoms with van der Waals surface area (Å²) in [6.45, 7) is 1.18. The fourth-order valence-corrected chi connectivity index (χ4v) is 5.91. The molecule has 2 aliphatic heterocycles. The summed E-state index contributed by atoms with van der Waals surface area (Å²) in [6.07, 6.45) is -1.24. The van der Waals surface area contributed by atoms with Crippen LogP contribution in [0.25, 0.3) is 0 Å². The van der Waals surface area contributed by atoms with Gasteiger partial charge in [0.2, 0.25) is 11.3 Å². The molecule has 0 saturated carbocycles. The van der Waals surface area contributed by atoms with Crippen molar-refractivity contribution in [3.8, 4) is 0 Å². The first-order valence-corrected chi connectivity index (χ1v) is 12.1. The topological polar surface area (TPSA) is 159 Å². The van der Waals surface area contributed by atoms with Crippen LogP contribution in [0.4, 0.5) is 0 Å². The number of thioether (sulfide) groups is 2. The normalized spacial score (nSPS) is 19.7. The van der Waals surface area contributed by atoms with Gasteiger partial charge in [-0.2, -0.15) is 0 Å². The average Bonchev–Trinajstić information content (AvgIpc) is 3.23. The number of esters is 1. The first-order valence-electron chi connectivity index (χ1n) is 10.0. The van der Waals surface area contributed by atoms with Crippen molar-refractivity contribution in [1.29, 1.82) is 0 Å². The molecule has 15 heteroatoms. The number of aliphatic carboxylic acids is 1. The van der Waals surface area contributed by atoms with Gasteiger partial charge in [0.1, 0.15) is 11.4 Å². The number of carboxylic acid groups (broad SMARTS) is 1. The van der Waals surface area contributed by atoms with E-state index >= 15 is 0 Å². The molecule has 1 aromatic carbocycles. The molecule has 0 bridgehead atoms. The summed E-state index contributed by atoms with van der Waals surface area (Å²) < 4.78 is 6.63. The number of hydrogen-bond donors (Lipinski definition) is 1. The van der Waals surface area contributed by atoms with Crippen LogP contribution in [-0.2, 0) is 31.0 Å². The molecule has 0 aliphatic carbocycles. The van der Waals surface area contributed by atoms with Crippen LogP contribution in [0.1, 0.15) is 18.6 Å². The van der Waals surface area contributed by atoms with E-state index in [2.05, 4.69) is 20.8 Å². The molecule has 2 amide bonds. The predicted octanol–water partition coefficient (Wildman–Crippen LogP) is -3.99. The summed E-state index contributed by atoms with van der Waals surface area (Å²) in [5.74, 6) is -2.82. The molecule has 0 unspecified atom stereocenters. The molecular weight excluding hydrogens is 507 g/mol. The van der Waals surface area contributed by atoms with Gasteiger partial charge in [-0.05, 0) is 16.0 Å². The number of hydrogen-bond acceptors (Lipinski definition) is 11. The second-order valence-corrected chi connectivity index (χ2v) is 9.46. The Morgan fingerprint density at radius 2 is 2.03 bits per heavy atom. The van der Waals surface area contributed by atoms with E-state index in [0.717, 1.165) is 4.90 Å². The third-order valence-electron chi connectivity index (χ3n) is 5.12. The van der Waals surface area contributed by atoms with Crippen LogP contribution < -0.4 is 40.0 Å². The number of β-lactam (4-membered cyclic amide) rings is 1. The van der Waals surface area contributed by atoms with Crippen LogP contribution in [0.15, 0.2) is 46.8 Å². The molecule has 1 saturated heterocycles. The van der Waals surface area contributed by atoms with Gasteiger partial charge in [-0.1, -0.05) is 42.1 Å². The molecule has 3 heterocycles. The Morgan fingerprint density at radius 1 is 1.31 bits per heavy atom. The maximum absolute atomic E-state index is 12.9. The Balaban J connectivity index is 0.00000342. The molecule has 1 N–H and O–H groups in total. The van der Waals surface area contributed by atoms with Crippen LogP contribution in [0, 0.1) is 0 Å². The largest absolute Gasteiger partial charge is 1.00 e. The minimum atomic E-state index is -1.47. The van der Waals surface area contributed by atoms with Crippen molar-refractivity contribution in [3.63, 3.8) is 0 Å². The molecule has 0 spiro atoms. The van der Waals surface area contributed by atoms with Crippen LogP contribution in [0.3, 0.4) is 0 Å². The Labute approximate surface area is 230 Å². The van der Waals surface area contributed by atoms with E-state index in [-0.39, 0.29) is 41.0 Å². The van der Waals surface area contributed by atoms with Crippen LogP contribution in [-0.4, -0.2) is 71.8 Å². The van der Waals surface area contributed by atoms with Gasteiger partial charge in [-0.25, -0.2) is 4.68 Å². The van der Waals surface area contributed by atoms with Gasteiger partial charge >= 0.3 is 35.5 Å². The van der Waals surface area contributed by atoms with E-state index in [0.29, 0.717) is 22.0 Å². The second kappa shape index (κ2) is 11.6. The maximum atomic E-state index is 12.9. The summed E-state index contributed by atoms with van der Waals surface area (Å²) in [7, 11) is 1.66. The van der Waals surface area contributed by atoms with Crippen molar-refractivity contribution in [1.82, 2.24) is 30.4 Å². The number of aromatic nitrogens is 4. The Bertz CT molecular complexity index is 1180. The van der Waals surface area contributed by atoms with Gasteiger partial charge in [0.25, 0.3) is 11.8 Å². The number of rotatable bonds is 8. The first-order chi connectivity index (χ1) is 16.3. The summed E-state index contributed by atoms with van der Waals surface area (Å²) in [5, 5.41) is 25.5. The van der Waals surface area contributed by atoms with Crippen LogP contribution in [0.5, 0.6) is 0 Å². The molecule has 3 atom stereocenters.